The minimum absolute atomic E-state index is 0.935. The maximum Gasteiger partial charge on any atom is 0.157 e. The highest BCUT2D eigenvalue weighted by molar-refractivity contribution is 7.20. The first-order chi connectivity index (χ1) is 8.42. The Kier molecular flexibility index (Phi) is 3.46. The van der Waals surface area contributed by atoms with Crippen LogP contribution in [0.5, 0.6) is 0 Å². The Morgan fingerprint density at radius 2 is 2.18 bits per heavy atom. The van der Waals surface area contributed by atoms with Gasteiger partial charge in [0.15, 0.2) is 5.01 Å². The van der Waals surface area contributed by atoms with Crippen molar-refractivity contribution in [1.29, 1.82) is 0 Å². The zero-order valence-electron chi connectivity index (χ0n) is 9.43. The summed E-state index contributed by atoms with van der Waals surface area (Å²) in [5, 5.41) is 16.1. The summed E-state index contributed by atoms with van der Waals surface area (Å²) in [6.07, 6.45) is 0. The Labute approximate surface area is 108 Å². The van der Waals surface area contributed by atoms with E-state index in [0.717, 1.165) is 42.7 Å². The number of nitrogens with zero attached hydrogens (tertiary/aromatic N) is 3. The van der Waals surface area contributed by atoms with Gasteiger partial charge in [-0.05, 0) is 11.4 Å². The Morgan fingerprint density at radius 1 is 1.29 bits per heavy atom. The maximum atomic E-state index is 4.28. The van der Waals surface area contributed by atoms with Crippen molar-refractivity contribution in [3.8, 4) is 9.88 Å². The van der Waals surface area contributed by atoms with Gasteiger partial charge in [-0.3, -0.25) is 4.90 Å². The van der Waals surface area contributed by atoms with E-state index in [-0.39, 0.29) is 0 Å². The minimum Gasteiger partial charge on any atom is -0.314 e. The molecule has 1 aliphatic rings. The molecular weight excluding hydrogens is 252 g/mol. The van der Waals surface area contributed by atoms with Gasteiger partial charge in [-0.2, -0.15) is 0 Å². The van der Waals surface area contributed by atoms with Crippen LogP contribution in [0.1, 0.15) is 5.01 Å². The van der Waals surface area contributed by atoms with Crippen molar-refractivity contribution in [3.63, 3.8) is 0 Å². The molecule has 0 aromatic carbocycles. The lowest BCUT2D eigenvalue weighted by molar-refractivity contribution is 0.232. The van der Waals surface area contributed by atoms with Crippen molar-refractivity contribution in [2.24, 2.45) is 0 Å². The van der Waals surface area contributed by atoms with Crippen molar-refractivity contribution in [1.82, 2.24) is 20.4 Å². The molecule has 1 saturated heterocycles. The van der Waals surface area contributed by atoms with Crippen LogP contribution in [0, 0.1) is 0 Å². The van der Waals surface area contributed by atoms with Gasteiger partial charge >= 0.3 is 0 Å². The van der Waals surface area contributed by atoms with E-state index in [1.54, 1.807) is 22.7 Å². The van der Waals surface area contributed by atoms with Gasteiger partial charge in [0.1, 0.15) is 5.01 Å². The zero-order chi connectivity index (χ0) is 11.5. The highest BCUT2D eigenvalue weighted by Gasteiger charge is 2.13. The molecule has 4 nitrogen and oxygen atoms in total. The molecular formula is C11H14N4S2. The van der Waals surface area contributed by atoms with Crippen LogP contribution in [0.3, 0.4) is 0 Å². The molecule has 0 amide bonds. The number of nitrogens with one attached hydrogen (secondary N) is 1. The van der Waals surface area contributed by atoms with Crippen LogP contribution in [0.25, 0.3) is 9.88 Å². The van der Waals surface area contributed by atoms with E-state index in [0.29, 0.717) is 0 Å². The van der Waals surface area contributed by atoms with Gasteiger partial charge in [-0.1, -0.05) is 17.4 Å². The summed E-state index contributed by atoms with van der Waals surface area (Å²) in [6.45, 7) is 5.31. The monoisotopic (exact) mass is 266 g/mol. The molecule has 2 aromatic heterocycles. The molecule has 0 aliphatic carbocycles. The van der Waals surface area contributed by atoms with Crippen LogP contribution in [0.2, 0.25) is 0 Å². The molecule has 6 heteroatoms. The fourth-order valence-corrected chi connectivity index (χ4v) is 3.55. The molecule has 0 unspecified atom stereocenters. The molecule has 1 N–H and O–H groups in total. The van der Waals surface area contributed by atoms with Crippen LogP contribution in [0.15, 0.2) is 17.5 Å². The molecule has 1 fully saturated rings. The topological polar surface area (TPSA) is 41.1 Å². The molecule has 0 atom stereocenters. The van der Waals surface area contributed by atoms with E-state index in [9.17, 15) is 0 Å². The smallest absolute Gasteiger partial charge is 0.157 e. The Morgan fingerprint density at radius 3 is 2.94 bits per heavy atom. The van der Waals surface area contributed by atoms with Crippen LogP contribution < -0.4 is 5.32 Å². The molecule has 0 spiro atoms. The summed E-state index contributed by atoms with van der Waals surface area (Å²) in [5.41, 5.74) is 0. The lowest BCUT2D eigenvalue weighted by Gasteiger charge is -2.25. The van der Waals surface area contributed by atoms with Crippen molar-refractivity contribution >= 4 is 22.7 Å². The average molecular weight is 266 g/mol. The van der Waals surface area contributed by atoms with Crippen LogP contribution in [-0.4, -0.2) is 41.3 Å². The summed E-state index contributed by atoms with van der Waals surface area (Å²) in [6, 6.07) is 4.15. The first-order valence-corrected chi connectivity index (χ1v) is 7.41. The average Bonchev–Trinajstić information content (AvgIpc) is 3.00. The number of hydrogen-bond donors (Lipinski definition) is 1. The van der Waals surface area contributed by atoms with Crippen LogP contribution in [-0.2, 0) is 6.54 Å². The summed E-state index contributed by atoms with van der Waals surface area (Å²) >= 11 is 3.43. The van der Waals surface area contributed by atoms with Gasteiger partial charge in [0.25, 0.3) is 0 Å². The highest BCUT2D eigenvalue weighted by Crippen LogP contribution is 2.27. The normalized spacial score (nSPS) is 17.4. The highest BCUT2D eigenvalue weighted by atomic mass is 32.1. The van der Waals surface area contributed by atoms with Gasteiger partial charge in [0.2, 0.25) is 0 Å². The molecule has 3 heterocycles. The molecule has 3 rings (SSSR count). The molecule has 17 heavy (non-hydrogen) atoms. The van der Waals surface area contributed by atoms with Crippen molar-refractivity contribution in [2.75, 3.05) is 26.2 Å². The van der Waals surface area contributed by atoms with E-state index in [2.05, 4.69) is 37.9 Å². The van der Waals surface area contributed by atoms with Crippen molar-refractivity contribution in [2.45, 2.75) is 6.54 Å². The first-order valence-electron chi connectivity index (χ1n) is 5.71. The molecule has 2 aromatic rings. The number of rotatable bonds is 3. The third-order valence-corrected chi connectivity index (χ3v) is 4.71. The largest absolute Gasteiger partial charge is 0.314 e. The quantitative estimate of drug-likeness (QED) is 0.917. The standard InChI is InChI=1S/C11H14N4S2/c1-2-9(16-7-1)11-14-13-10(17-11)8-15-5-3-12-4-6-15/h1-2,7,12H,3-6,8H2. The van der Waals surface area contributed by atoms with E-state index < -0.39 is 0 Å². The van der Waals surface area contributed by atoms with Gasteiger partial charge in [-0.15, -0.1) is 21.5 Å². The second kappa shape index (κ2) is 5.22. The lowest BCUT2D eigenvalue weighted by Crippen LogP contribution is -2.42. The third kappa shape index (κ3) is 2.71. The number of hydrogen-bond acceptors (Lipinski definition) is 6. The van der Waals surface area contributed by atoms with Gasteiger partial charge in [-0.25, -0.2) is 0 Å². The third-order valence-electron chi connectivity index (χ3n) is 2.77. The fourth-order valence-electron chi connectivity index (χ4n) is 1.88. The van der Waals surface area contributed by atoms with Gasteiger partial charge in [0.05, 0.1) is 11.4 Å². The molecule has 0 radical (unpaired) electrons. The molecule has 1 aliphatic heterocycles. The SMILES string of the molecule is c1csc(-c2nnc(CN3CCNCC3)s2)c1. The fraction of sp³-hybridized carbons (Fsp3) is 0.455. The van der Waals surface area contributed by atoms with Crippen LogP contribution in [0.4, 0.5) is 0 Å². The Balaban J connectivity index is 1.68. The second-order valence-corrected chi connectivity index (χ2v) is 6.01. The van der Waals surface area contributed by atoms with E-state index in [4.69, 9.17) is 0 Å². The van der Waals surface area contributed by atoms with Gasteiger partial charge in [0, 0.05) is 26.2 Å². The van der Waals surface area contributed by atoms with E-state index in [1.165, 1.54) is 4.88 Å². The minimum atomic E-state index is 0.935. The Bertz CT molecular complexity index is 460. The number of piperazine rings is 1. The second-order valence-electron chi connectivity index (χ2n) is 4.00. The zero-order valence-corrected chi connectivity index (χ0v) is 11.1. The van der Waals surface area contributed by atoms with E-state index in [1.807, 2.05) is 0 Å². The molecule has 0 bridgehead atoms. The summed E-state index contributed by atoms with van der Waals surface area (Å²) < 4.78 is 0. The number of thiophene rings is 1. The van der Waals surface area contributed by atoms with Crippen LogP contribution >= 0.6 is 22.7 Å². The van der Waals surface area contributed by atoms with Crippen molar-refractivity contribution in [3.05, 3.63) is 22.5 Å². The predicted octanol–water partition coefficient (Wildman–Crippen LogP) is 1.67. The molecule has 90 valence electrons. The predicted molar refractivity (Wildman–Crippen MR) is 71.4 cm³/mol. The Hall–Kier alpha value is -0.820. The summed E-state index contributed by atoms with van der Waals surface area (Å²) in [5.74, 6) is 0. The molecule has 0 saturated carbocycles. The number of aromatic nitrogens is 2. The lowest BCUT2D eigenvalue weighted by atomic mass is 10.4. The van der Waals surface area contributed by atoms with Crippen molar-refractivity contribution < 1.29 is 0 Å². The maximum absolute atomic E-state index is 4.28. The van der Waals surface area contributed by atoms with Gasteiger partial charge < -0.3 is 5.32 Å². The summed E-state index contributed by atoms with van der Waals surface area (Å²) in [4.78, 5) is 3.64. The summed E-state index contributed by atoms with van der Waals surface area (Å²) in [7, 11) is 0. The first kappa shape index (κ1) is 11.3. The van der Waals surface area contributed by atoms with E-state index >= 15 is 0 Å².